The van der Waals surface area contributed by atoms with Crippen molar-refractivity contribution >= 4 is 10.9 Å². The molecule has 2 saturated heterocycles. The van der Waals surface area contributed by atoms with Crippen LogP contribution in [0.1, 0.15) is 43.7 Å². The second-order valence-corrected chi connectivity index (χ2v) is 9.27. The van der Waals surface area contributed by atoms with Gasteiger partial charge >= 0.3 is 0 Å². The summed E-state index contributed by atoms with van der Waals surface area (Å²) >= 11 is 0. The van der Waals surface area contributed by atoms with Gasteiger partial charge in [-0.15, -0.1) is 0 Å². The zero-order valence-corrected chi connectivity index (χ0v) is 19.7. The molecule has 176 valence electrons. The second-order valence-electron chi connectivity index (χ2n) is 9.27. The smallest absolute Gasteiger partial charge is 0.163 e. The second kappa shape index (κ2) is 10.1. The minimum atomic E-state index is 0.397. The maximum absolute atomic E-state index is 6.19. The van der Waals surface area contributed by atoms with Crippen LogP contribution in [0.25, 0.3) is 22.3 Å². The van der Waals surface area contributed by atoms with Gasteiger partial charge in [0.25, 0.3) is 0 Å². The molecule has 0 amide bonds. The summed E-state index contributed by atoms with van der Waals surface area (Å²) in [6, 6.07) is 4.09. The van der Waals surface area contributed by atoms with Crippen LogP contribution in [0.4, 0.5) is 0 Å². The van der Waals surface area contributed by atoms with Gasteiger partial charge in [-0.25, -0.2) is 9.97 Å². The van der Waals surface area contributed by atoms with Crippen molar-refractivity contribution in [1.29, 1.82) is 0 Å². The molecule has 3 aromatic rings. The number of ether oxygens (including phenoxy) is 2. The highest BCUT2D eigenvalue weighted by Crippen LogP contribution is 2.38. The predicted molar refractivity (Wildman–Crippen MR) is 129 cm³/mol. The number of aromatic amines is 1. The Labute approximate surface area is 195 Å². The van der Waals surface area contributed by atoms with E-state index in [4.69, 9.17) is 19.4 Å². The highest BCUT2D eigenvalue weighted by atomic mass is 16.5. The predicted octanol–water partition coefficient (Wildman–Crippen LogP) is 3.70. The summed E-state index contributed by atoms with van der Waals surface area (Å²) < 4.78 is 11.9. The number of fused-ring (bicyclic) bond motifs is 1. The van der Waals surface area contributed by atoms with Crippen molar-refractivity contribution in [3.8, 4) is 22.9 Å². The van der Waals surface area contributed by atoms with E-state index >= 15 is 0 Å². The maximum Gasteiger partial charge on any atom is 0.163 e. The number of H-pyrrole nitrogens is 1. The molecule has 0 atom stereocenters. The zero-order valence-electron chi connectivity index (χ0n) is 19.7. The van der Waals surface area contributed by atoms with Gasteiger partial charge in [0.2, 0.25) is 0 Å². The van der Waals surface area contributed by atoms with Crippen molar-refractivity contribution in [3.05, 3.63) is 30.2 Å². The average Bonchev–Trinajstić information content (AvgIpc) is 3.56. The summed E-state index contributed by atoms with van der Waals surface area (Å²) in [6.07, 6.45) is 9.44. The number of nitrogens with zero attached hydrogens (tertiary/aromatic N) is 5. The fourth-order valence-corrected chi connectivity index (χ4v) is 5.00. The lowest BCUT2D eigenvalue weighted by Gasteiger charge is -2.29. The number of likely N-dealkylation sites (tertiary alicyclic amines) is 2. The van der Waals surface area contributed by atoms with Crippen molar-refractivity contribution in [1.82, 2.24) is 30.0 Å². The number of benzene rings is 1. The third-order valence-electron chi connectivity index (χ3n) is 6.95. The van der Waals surface area contributed by atoms with E-state index in [0.29, 0.717) is 18.3 Å². The van der Waals surface area contributed by atoms with E-state index in [1.807, 2.05) is 12.3 Å². The van der Waals surface area contributed by atoms with Crippen LogP contribution in [0.15, 0.2) is 24.5 Å². The molecule has 0 radical (unpaired) electrons. The Morgan fingerprint density at radius 3 is 2.61 bits per heavy atom. The summed E-state index contributed by atoms with van der Waals surface area (Å²) in [7, 11) is 3.88. The molecule has 0 spiro atoms. The number of rotatable bonds is 8. The topological polar surface area (TPSA) is 79.4 Å². The van der Waals surface area contributed by atoms with Crippen LogP contribution < -0.4 is 9.47 Å². The first kappa shape index (κ1) is 22.1. The molecule has 8 heteroatoms. The molecule has 1 N–H and O–H groups in total. The van der Waals surface area contributed by atoms with Crippen molar-refractivity contribution in [2.75, 3.05) is 53.5 Å². The van der Waals surface area contributed by atoms with E-state index in [9.17, 15) is 0 Å². The normalized spacial score (nSPS) is 18.2. The van der Waals surface area contributed by atoms with Gasteiger partial charge in [0.1, 0.15) is 0 Å². The van der Waals surface area contributed by atoms with Gasteiger partial charge in [0.15, 0.2) is 17.3 Å². The molecular formula is C25H34N6O2. The summed E-state index contributed by atoms with van der Waals surface area (Å²) in [6.45, 7) is 6.33. The van der Waals surface area contributed by atoms with Gasteiger partial charge in [0.05, 0.1) is 36.7 Å². The van der Waals surface area contributed by atoms with Gasteiger partial charge in [0, 0.05) is 30.1 Å². The van der Waals surface area contributed by atoms with Crippen molar-refractivity contribution in [2.45, 2.75) is 38.0 Å². The first-order chi connectivity index (χ1) is 16.2. The van der Waals surface area contributed by atoms with Crippen LogP contribution in [-0.4, -0.2) is 83.5 Å². The van der Waals surface area contributed by atoms with Crippen LogP contribution in [0.3, 0.4) is 0 Å². The Kier molecular flexibility index (Phi) is 6.73. The van der Waals surface area contributed by atoms with Gasteiger partial charge < -0.3 is 19.3 Å². The van der Waals surface area contributed by atoms with Gasteiger partial charge in [-0.2, -0.15) is 5.10 Å². The summed E-state index contributed by atoms with van der Waals surface area (Å²) in [5, 5.41) is 8.03. The molecule has 2 fully saturated rings. The molecule has 0 bridgehead atoms. The minimum Gasteiger partial charge on any atom is -0.493 e. The van der Waals surface area contributed by atoms with E-state index in [2.05, 4.69) is 33.1 Å². The molecule has 5 rings (SSSR count). The molecule has 33 heavy (non-hydrogen) atoms. The van der Waals surface area contributed by atoms with Crippen molar-refractivity contribution < 1.29 is 9.47 Å². The highest BCUT2D eigenvalue weighted by molar-refractivity contribution is 5.86. The molecular weight excluding hydrogens is 416 g/mol. The lowest BCUT2D eigenvalue weighted by Crippen LogP contribution is -2.29. The molecule has 0 aliphatic carbocycles. The van der Waals surface area contributed by atoms with Crippen LogP contribution >= 0.6 is 0 Å². The maximum atomic E-state index is 6.19. The first-order valence-electron chi connectivity index (χ1n) is 12.1. The average molecular weight is 451 g/mol. The van der Waals surface area contributed by atoms with Crippen molar-refractivity contribution in [3.63, 3.8) is 0 Å². The largest absolute Gasteiger partial charge is 0.493 e. The third kappa shape index (κ3) is 4.96. The Morgan fingerprint density at radius 1 is 1.06 bits per heavy atom. The van der Waals surface area contributed by atoms with Crippen LogP contribution in [-0.2, 0) is 0 Å². The Morgan fingerprint density at radius 2 is 1.88 bits per heavy atom. The minimum absolute atomic E-state index is 0.397. The van der Waals surface area contributed by atoms with Gasteiger partial charge in [-0.05, 0) is 71.4 Å². The lowest BCUT2D eigenvalue weighted by molar-refractivity contribution is 0.253. The quantitative estimate of drug-likeness (QED) is 0.524. The number of aromatic nitrogens is 4. The number of hydrogen-bond acceptors (Lipinski definition) is 7. The summed E-state index contributed by atoms with van der Waals surface area (Å²) in [4.78, 5) is 14.8. The van der Waals surface area contributed by atoms with Crippen LogP contribution in [0, 0.1) is 0 Å². The lowest BCUT2D eigenvalue weighted by atomic mass is 9.91. The van der Waals surface area contributed by atoms with Gasteiger partial charge in [-0.3, -0.25) is 5.10 Å². The third-order valence-corrected chi connectivity index (χ3v) is 6.95. The number of nitrogens with one attached hydrogen (secondary N) is 1. The monoisotopic (exact) mass is 450 g/mol. The molecule has 0 saturated carbocycles. The Bertz CT molecular complexity index is 1060. The van der Waals surface area contributed by atoms with E-state index in [1.165, 1.54) is 25.9 Å². The zero-order chi connectivity index (χ0) is 22.6. The Balaban J connectivity index is 1.45. The highest BCUT2D eigenvalue weighted by Gasteiger charge is 2.24. The SMILES string of the molecule is COc1cc2c(C3CCN(C)CC3)nc(-c3cn[nH]c3)nc2cc1OCCCN1CCCC1. The Hall–Kier alpha value is -2.71. The van der Waals surface area contributed by atoms with Crippen LogP contribution in [0.5, 0.6) is 11.5 Å². The molecule has 1 aromatic carbocycles. The van der Waals surface area contributed by atoms with Crippen LogP contribution in [0.2, 0.25) is 0 Å². The molecule has 2 aromatic heterocycles. The van der Waals surface area contributed by atoms with Gasteiger partial charge in [-0.1, -0.05) is 0 Å². The first-order valence-corrected chi connectivity index (χ1v) is 12.1. The van der Waals surface area contributed by atoms with E-state index in [1.54, 1.807) is 13.3 Å². The summed E-state index contributed by atoms with van der Waals surface area (Å²) in [5.41, 5.74) is 2.89. The van der Waals surface area contributed by atoms with E-state index < -0.39 is 0 Å². The van der Waals surface area contributed by atoms with E-state index in [0.717, 1.165) is 72.6 Å². The van der Waals surface area contributed by atoms with Crippen molar-refractivity contribution in [2.24, 2.45) is 0 Å². The molecule has 2 aliphatic rings. The standard InChI is InChI=1S/C25H34N6O2/c1-30-11-6-18(7-12-30)24-20-14-22(32-2)23(33-13-5-10-31-8-3-4-9-31)15-21(20)28-25(29-24)19-16-26-27-17-19/h14-18H,3-13H2,1-2H3,(H,26,27). The fourth-order valence-electron chi connectivity index (χ4n) is 5.00. The molecule has 2 aliphatic heterocycles. The number of hydrogen-bond donors (Lipinski definition) is 1. The number of methoxy groups -OCH3 is 1. The number of piperidine rings is 1. The molecule has 4 heterocycles. The molecule has 8 nitrogen and oxygen atoms in total. The van der Waals surface area contributed by atoms with E-state index in [-0.39, 0.29) is 0 Å². The fraction of sp³-hybridized carbons (Fsp3) is 0.560. The summed E-state index contributed by atoms with van der Waals surface area (Å²) in [5.74, 6) is 2.60. The molecule has 0 unspecified atom stereocenters.